The molecule has 1 fully saturated rings. The standard InChI is InChI=1S/C23H23ClN2O2/c1-23(12-6-3-7-13-23)22(28)26-19-17-11-10-16(24)14-18(17)25-20(19)21(27)15-8-4-2-5-9-15/h2,4-5,8-11,14,25H,3,6-7,12-13H2,1H3,(H,26,28). The van der Waals surface area contributed by atoms with Gasteiger partial charge in [0.15, 0.2) is 0 Å². The van der Waals surface area contributed by atoms with Gasteiger partial charge >= 0.3 is 0 Å². The molecule has 0 radical (unpaired) electrons. The number of hydrogen-bond donors (Lipinski definition) is 2. The Morgan fingerprint density at radius 3 is 2.46 bits per heavy atom. The summed E-state index contributed by atoms with van der Waals surface area (Å²) in [6.45, 7) is 2.02. The van der Waals surface area contributed by atoms with Crippen LogP contribution in [-0.4, -0.2) is 16.7 Å². The summed E-state index contributed by atoms with van der Waals surface area (Å²) in [6.07, 6.45) is 5.03. The molecule has 2 aromatic carbocycles. The fourth-order valence-corrected chi connectivity index (χ4v) is 4.20. The Morgan fingerprint density at radius 1 is 1.04 bits per heavy atom. The quantitative estimate of drug-likeness (QED) is 0.536. The summed E-state index contributed by atoms with van der Waals surface area (Å²) in [6, 6.07) is 14.5. The maximum atomic E-state index is 13.1. The Hall–Kier alpha value is -2.59. The SMILES string of the molecule is CC1(C(=O)Nc2c(C(=O)c3ccccc3)[nH]c3cc(Cl)ccc23)CCCCC1. The third kappa shape index (κ3) is 3.45. The number of rotatable bonds is 4. The number of halogens is 1. The number of aromatic amines is 1. The predicted molar refractivity (Wildman–Crippen MR) is 113 cm³/mol. The Balaban J connectivity index is 1.77. The van der Waals surface area contributed by atoms with E-state index < -0.39 is 5.41 Å². The van der Waals surface area contributed by atoms with E-state index in [1.54, 1.807) is 24.3 Å². The molecule has 5 heteroatoms. The van der Waals surface area contributed by atoms with Crippen molar-refractivity contribution in [1.29, 1.82) is 0 Å². The van der Waals surface area contributed by atoms with Crippen LogP contribution in [0.15, 0.2) is 48.5 Å². The first-order valence-corrected chi connectivity index (χ1v) is 10.1. The molecule has 144 valence electrons. The van der Waals surface area contributed by atoms with Gasteiger partial charge in [-0.15, -0.1) is 0 Å². The lowest BCUT2D eigenvalue weighted by Gasteiger charge is -2.32. The molecule has 0 bridgehead atoms. The molecule has 1 aliphatic rings. The predicted octanol–water partition coefficient (Wildman–Crippen LogP) is 5.96. The molecule has 4 nitrogen and oxygen atoms in total. The van der Waals surface area contributed by atoms with Gasteiger partial charge in [-0.3, -0.25) is 9.59 Å². The first-order chi connectivity index (χ1) is 13.5. The van der Waals surface area contributed by atoms with E-state index in [1.807, 2.05) is 31.2 Å². The van der Waals surface area contributed by atoms with Crippen molar-refractivity contribution in [3.05, 3.63) is 64.8 Å². The second-order valence-corrected chi connectivity index (χ2v) is 8.27. The van der Waals surface area contributed by atoms with Gasteiger partial charge in [0.1, 0.15) is 5.69 Å². The van der Waals surface area contributed by atoms with Crippen LogP contribution in [-0.2, 0) is 4.79 Å². The van der Waals surface area contributed by atoms with Crippen LogP contribution in [0.25, 0.3) is 10.9 Å². The highest BCUT2D eigenvalue weighted by Gasteiger charge is 2.35. The molecule has 0 atom stereocenters. The lowest BCUT2D eigenvalue weighted by Crippen LogP contribution is -2.35. The number of amides is 1. The van der Waals surface area contributed by atoms with Crippen molar-refractivity contribution in [3.8, 4) is 0 Å². The molecule has 0 saturated heterocycles. The first kappa shape index (κ1) is 18.8. The Kier molecular flexibility index (Phi) is 4.98. The smallest absolute Gasteiger partial charge is 0.230 e. The van der Waals surface area contributed by atoms with Crippen molar-refractivity contribution in [2.45, 2.75) is 39.0 Å². The average Bonchev–Trinajstić information content (AvgIpc) is 3.06. The van der Waals surface area contributed by atoms with E-state index in [0.717, 1.165) is 36.6 Å². The van der Waals surface area contributed by atoms with Gasteiger partial charge in [0.25, 0.3) is 0 Å². The number of H-pyrrole nitrogens is 1. The maximum Gasteiger partial charge on any atom is 0.230 e. The molecule has 2 N–H and O–H groups in total. The summed E-state index contributed by atoms with van der Waals surface area (Å²) in [5.41, 5.74) is 1.82. The van der Waals surface area contributed by atoms with Crippen LogP contribution >= 0.6 is 11.6 Å². The molecular weight excluding hydrogens is 372 g/mol. The number of nitrogens with one attached hydrogen (secondary N) is 2. The number of aromatic nitrogens is 1. The molecule has 1 aliphatic carbocycles. The largest absolute Gasteiger partial charge is 0.350 e. The highest BCUT2D eigenvalue weighted by Crippen LogP contribution is 2.38. The lowest BCUT2D eigenvalue weighted by atomic mass is 9.75. The highest BCUT2D eigenvalue weighted by atomic mass is 35.5. The van der Waals surface area contributed by atoms with Crippen LogP contribution in [0.1, 0.15) is 55.1 Å². The van der Waals surface area contributed by atoms with Gasteiger partial charge in [0, 0.05) is 26.9 Å². The normalized spacial score (nSPS) is 16.1. The molecule has 1 amide bonds. The van der Waals surface area contributed by atoms with E-state index in [0.29, 0.717) is 22.0 Å². The fourth-order valence-electron chi connectivity index (χ4n) is 4.03. The minimum atomic E-state index is -0.401. The van der Waals surface area contributed by atoms with Crippen LogP contribution in [0.5, 0.6) is 0 Å². The van der Waals surface area contributed by atoms with Crippen LogP contribution in [0.2, 0.25) is 5.02 Å². The molecular formula is C23H23ClN2O2. The summed E-state index contributed by atoms with van der Waals surface area (Å²) < 4.78 is 0. The lowest BCUT2D eigenvalue weighted by molar-refractivity contribution is -0.126. The summed E-state index contributed by atoms with van der Waals surface area (Å²) in [7, 11) is 0. The number of carbonyl (C=O) groups is 2. The average molecular weight is 395 g/mol. The number of hydrogen-bond acceptors (Lipinski definition) is 2. The first-order valence-electron chi connectivity index (χ1n) is 9.70. The molecule has 0 spiro atoms. The van der Waals surface area contributed by atoms with Crippen molar-refractivity contribution >= 4 is 39.9 Å². The zero-order valence-corrected chi connectivity index (χ0v) is 16.6. The van der Waals surface area contributed by atoms with Crippen LogP contribution in [0, 0.1) is 5.41 Å². The van der Waals surface area contributed by atoms with Crippen molar-refractivity contribution in [3.63, 3.8) is 0 Å². The monoisotopic (exact) mass is 394 g/mol. The molecule has 3 aromatic rings. The Bertz CT molecular complexity index is 1030. The number of anilines is 1. The van der Waals surface area contributed by atoms with Crippen LogP contribution in [0.4, 0.5) is 5.69 Å². The Morgan fingerprint density at radius 2 is 1.75 bits per heavy atom. The second-order valence-electron chi connectivity index (χ2n) is 7.84. The molecule has 1 heterocycles. The van der Waals surface area contributed by atoms with Gasteiger partial charge < -0.3 is 10.3 Å². The van der Waals surface area contributed by atoms with Gasteiger partial charge in [-0.05, 0) is 31.0 Å². The minimum Gasteiger partial charge on any atom is -0.350 e. The van der Waals surface area contributed by atoms with Crippen LogP contribution in [0.3, 0.4) is 0 Å². The summed E-state index contributed by atoms with van der Waals surface area (Å²) >= 11 is 6.13. The van der Waals surface area contributed by atoms with E-state index in [-0.39, 0.29) is 11.7 Å². The molecule has 4 rings (SSSR count). The number of carbonyl (C=O) groups excluding carboxylic acids is 2. The highest BCUT2D eigenvalue weighted by molar-refractivity contribution is 6.31. The molecule has 28 heavy (non-hydrogen) atoms. The van der Waals surface area contributed by atoms with E-state index in [9.17, 15) is 9.59 Å². The third-order valence-electron chi connectivity index (χ3n) is 5.77. The maximum absolute atomic E-state index is 13.1. The minimum absolute atomic E-state index is 0.0230. The van der Waals surface area contributed by atoms with Crippen molar-refractivity contribution in [2.24, 2.45) is 5.41 Å². The third-order valence-corrected chi connectivity index (χ3v) is 6.00. The van der Waals surface area contributed by atoms with Gasteiger partial charge in [0.05, 0.1) is 5.69 Å². The summed E-state index contributed by atoms with van der Waals surface area (Å²) in [5.74, 6) is -0.179. The molecule has 1 aromatic heterocycles. The van der Waals surface area contributed by atoms with Crippen molar-refractivity contribution in [1.82, 2.24) is 4.98 Å². The second kappa shape index (κ2) is 7.44. The van der Waals surface area contributed by atoms with E-state index in [4.69, 9.17) is 11.6 Å². The number of benzene rings is 2. The van der Waals surface area contributed by atoms with Crippen molar-refractivity contribution in [2.75, 3.05) is 5.32 Å². The van der Waals surface area contributed by atoms with Gasteiger partial charge in [-0.25, -0.2) is 0 Å². The van der Waals surface area contributed by atoms with Crippen LogP contribution < -0.4 is 5.32 Å². The summed E-state index contributed by atoms with van der Waals surface area (Å²) in [5, 5.41) is 4.44. The van der Waals surface area contributed by atoms with E-state index in [1.165, 1.54) is 6.42 Å². The number of fused-ring (bicyclic) bond motifs is 1. The topological polar surface area (TPSA) is 62.0 Å². The van der Waals surface area contributed by atoms with E-state index >= 15 is 0 Å². The van der Waals surface area contributed by atoms with Gasteiger partial charge in [0.2, 0.25) is 11.7 Å². The van der Waals surface area contributed by atoms with Gasteiger partial charge in [-0.1, -0.05) is 68.1 Å². The molecule has 1 saturated carbocycles. The molecule has 0 aliphatic heterocycles. The Labute approximate surface area is 169 Å². The fraction of sp³-hybridized carbons (Fsp3) is 0.304. The number of ketones is 1. The zero-order valence-electron chi connectivity index (χ0n) is 15.8. The molecule has 0 unspecified atom stereocenters. The van der Waals surface area contributed by atoms with Gasteiger partial charge in [-0.2, -0.15) is 0 Å². The van der Waals surface area contributed by atoms with Crippen molar-refractivity contribution < 1.29 is 9.59 Å². The van der Waals surface area contributed by atoms with E-state index in [2.05, 4.69) is 10.3 Å². The zero-order chi connectivity index (χ0) is 19.7. The summed E-state index contributed by atoms with van der Waals surface area (Å²) in [4.78, 5) is 29.5.